The maximum absolute atomic E-state index is 14.0. The van der Waals surface area contributed by atoms with Gasteiger partial charge in [-0.1, -0.05) is 28.1 Å². The lowest BCUT2D eigenvalue weighted by atomic mass is 10.1. The van der Waals surface area contributed by atoms with Crippen LogP contribution in [0, 0.1) is 12.7 Å². The largest absolute Gasteiger partial charge is 0.368 e. The summed E-state index contributed by atoms with van der Waals surface area (Å²) in [5.41, 5.74) is 4.15. The SMILES string of the molecule is Cc1ccc2c(N3CCN(CCc4ccc(Br)cc4F)CC3)cccc2n1. The Labute approximate surface area is 167 Å². The number of fused-ring (bicyclic) bond motifs is 1. The van der Waals surface area contributed by atoms with E-state index in [0.717, 1.165) is 60.4 Å². The van der Waals surface area contributed by atoms with Crippen molar-refractivity contribution in [2.45, 2.75) is 13.3 Å². The maximum atomic E-state index is 14.0. The van der Waals surface area contributed by atoms with Gasteiger partial charge < -0.3 is 4.90 Å². The highest BCUT2D eigenvalue weighted by atomic mass is 79.9. The van der Waals surface area contributed by atoms with Crippen LogP contribution in [0.2, 0.25) is 0 Å². The molecular weight excluding hydrogens is 405 g/mol. The Bertz CT molecular complexity index is 951. The molecule has 3 nitrogen and oxygen atoms in total. The van der Waals surface area contributed by atoms with Gasteiger partial charge in [0.2, 0.25) is 0 Å². The molecular formula is C22H23BrFN3. The van der Waals surface area contributed by atoms with Crippen molar-refractivity contribution in [3.63, 3.8) is 0 Å². The molecule has 27 heavy (non-hydrogen) atoms. The average molecular weight is 428 g/mol. The Balaban J connectivity index is 1.39. The molecule has 0 aliphatic carbocycles. The number of aryl methyl sites for hydroxylation is 1. The number of halogens is 2. The molecule has 2 heterocycles. The molecule has 0 radical (unpaired) electrons. The normalized spacial score (nSPS) is 15.4. The third kappa shape index (κ3) is 4.14. The molecule has 0 unspecified atom stereocenters. The Morgan fingerprint density at radius 2 is 1.85 bits per heavy atom. The summed E-state index contributed by atoms with van der Waals surface area (Å²) in [7, 11) is 0. The van der Waals surface area contributed by atoms with E-state index in [9.17, 15) is 4.39 Å². The van der Waals surface area contributed by atoms with E-state index in [1.807, 2.05) is 19.1 Å². The van der Waals surface area contributed by atoms with Gasteiger partial charge in [0, 0.05) is 54.0 Å². The number of nitrogens with zero attached hydrogens (tertiary/aromatic N) is 3. The zero-order chi connectivity index (χ0) is 18.8. The molecule has 1 aliphatic rings. The number of aromatic nitrogens is 1. The minimum absolute atomic E-state index is 0.124. The lowest BCUT2D eigenvalue weighted by molar-refractivity contribution is 0.260. The van der Waals surface area contributed by atoms with Crippen LogP contribution in [0.1, 0.15) is 11.3 Å². The number of hydrogen-bond donors (Lipinski definition) is 0. The third-order valence-corrected chi connectivity index (χ3v) is 5.77. The van der Waals surface area contributed by atoms with E-state index in [1.54, 1.807) is 6.07 Å². The monoisotopic (exact) mass is 427 g/mol. The second-order valence-electron chi connectivity index (χ2n) is 7.11. The van der Waals surface area contributed by atoms with Crippen molar-refractivity contribution >= 4 is 32.5 Å². The second kappa shape index (κ2) is 7.95. The summed E-state index contributed by atoms with van der Waals surface area (Å²) in [6.45, 7) is 6.87. The van der Waals surface area contributed by atoms with Crippen LogP contribution >= 0.6 is 15.9 Å². The van der Waals surface area contributed by atoms with E-state index in [4.69, 9.17) is 0 Å². The van der Waals surface area contributed by atoms with Gasteiger partial charge in [-0.3, -0.25) is 9.88 Å². The summed E-state index contributed by atoms with van der Waals surface area (Å²) in [5.74, 6) is -0.124. The van der Waals surface area contributed by atoms with Gasteiger partial charge in [0.05, 0.1) is 5.52 Å². The molecule has 3 aromatic rings. The van der Waals surface area contributed by atoms with Gasteiger partial charge in [0.15, 0.2) is 0 Å². The Kier molecular flexibility index (Phi) is 5.41. The van der Waals surface area contributed by atoms with Crippen LogP contribution < -0.4 is 4.90 Å². The van der Waals surface area contributed by atoms with Crippen molar-refractivity contribution in [2.75, 3.05) is 37.6 Å². The summed E-state index contributed by atoms with van der Waals surface area (Å²) in [6, 6.07) is 15.9. The van der Waals surface area contributed by atoms with E-state index in [2.05, 4.69) is 61.0 Å². The average Bonchev–Trinajstić information content (AvgIpc) is 2.67. The van der Waals surface area contributed by atoms with Crippen molar-refractivity contribution in [1.29, 1.82) is 0 Å². The fourth-order valence-electron chi connectivity index (χ4n) is 3.73. The Morgan fingerprint density at radius 3 is 2.63 bits per heavy atom. The third-order valence-electron chi connectivity index (χ3n) is 5.27. The first-order chi connectivity index (χ1) is 13.1. The predicted molar refractivity (Wildman–Crippen MR) is 113 cm³/mol. The second-order valence-corrected chi connectivity index (χ2v) is 8.03. The van der Waals surface area contributed by atoms with Crippen molar-refractivity contribution in [3.05, 3.63) is 70.1 Å². The van der Waals surface area contributed by atoms with Crippen LogP contribution in [0.4, 0.5) is 10.1 Å². The van der Waals surface area contributed by atoms with E-state index >= 15 is 0 Å². The number of rotatable bonds is 4. The molecule has 4 rings (SSSR count). The number of pyridine rings is 1. The first-order valence-corrected chi connectivity index (χ1v) is 10.2. The van der Waals surface area contributed by atoms with Gasteiger partial charge in [0.1, 0.15) is 5.82 Å². The fraction of sp³-hybridized carbons (Fsp3) is 0.318. The first kappa shape index (κ1) is 18.4. The molecule has 1 fully saturated rings. The van der Waals surface area contributed by atoms with Crippen LogP contribution in [0.15, 0.2) is 53.0 Å². The zero-order valence-electron chi connectivity index (χ0n) is 15.5. The number of piperazine rings is 1. The summed E-state index contributed by atoms with van der Waals surface area (Å²) in [4.78, 5) is 9.51. The topological polar surface area (TPSA) is 19.4 Å². The molecule has 0 saturated carbocycles. The molecule has 0 amide bonds. The quantitative estimate of drug-likeness (QED) is 0.595. The van der Waals surface area contributed by atoms with Crippen molar-refractivity contribution < 1.29 is 4.39 Å². The van der Waals surface area contributed by atoms with Gasteiger partial charge >= 0.3 is 0 Å². The van der Waals surface area contributed by atoms with Crippen LogP contribution in [-0.2, 0) is 6.42 Å². The molecule has 1 saturated heterocycles. The van der Waals surface area contributed by atoms with E-state index in [-0.39, 0.29) is 5.82 Å². The molecule has 0 atom stereocenters. The van der Waals surface area contributed by atoms with Gasteiger partial charge in [-0.15, -0.1) is 0 Å². The summed E-state index contributed by atoms with van der Waals surface area (Å²) in [6.07, 6.45) is 0.747. The lowest BCUT2D eigenvalue weighted by Gasteiger charge is -2.36. The molecule has 0 spiro atoms. The van der Waals surface area contributed by atoms with Crippen LogP contribution in [-0.4, -0.2) is 42.6 Å². The standard InChI is InChI=1S/C22H23BrFN3/c1-16-5-8-19-21(25-16)3-2-4-22(19)27-13-11-26(12-14-27)10-9-17-6-7-18(23)15-20(17)24/h2-8,15H,9-14H2,1H3. The van der Waals surface area contributed by atoms with Crippen LogP contribution in [0.5, 0.6) is 0 Å². The molecule has 5 heteroatoms. The van der Waals surface area contributed by atoms with Crippen molar-refractivity contribution in [1.82, 2.24) is 9.88 Å². The van der Waals surface area contributed by atoms with Gasteiger partial charge in [-0.05, 0) is 55.3 Å². The summed E-state index contributed by atoms with van der Waals surface area (Å²) in [5, 5.41) is 1.22. The lowest BCUT2D eigenvalue weighted by Crippen LogP contribution is -2.47. The van der Waals surface area contributed by atoms with Crippen molar-refractivity contribution in [2.24, 2.45) is 0 Å². The summed E-state index contributed by atoms with van der Waals surface area (Å²) < 4.78 is 14.8. The molecule has 1 aromatic heterocycles. The predicted octanol–water partition coefficient (Wildman–Crippen LogP) is 4.81. The zero-order valence-corrected chi connectivity index (χ0v) is 17.0. The highest BCUT2D eigenvalue weighted by molar-refractivity contribution is 9.10. The fourth-order valence-corrected chi connectivity index (χ4v) is 4.06. The van der Waals surface area contributed by atoms with E-state index < -0.39 is 0 Å². The number of hydrogen-bond acceptors (Lipinski definition) is 3. The first-order valence-electron chi connectivity index (χ1n) is 9.38. The minimum Gasteiger partial charge on any atom is -0.368 e. The molecule has 2 aromatic carbocycles. The van der Waals surface area contributed by atoms with E-state index in [0.29, 0.717) is 0 Å². The molecule has 0 N–H and O–H groups in total. The van der Waals surface area contributed by atoms with Gasteiger partial charge in [-0.2, -0.15) is 0 Å². The highest BCUT2D eigenvalue weighted by Crippen LogP contribution is 2.27. The van der Waals surface area contributed by atoms with Crippen LogP contribution in [0.25, 0.3) is 10.9 Å². The Hall–Kier alpha value is -1.98. The minimum atomic E-state index is -0.124. The molecule has 1 aliphatic heterocycles. The van der Waals surface area contributed by atoms with Crippen LogP contribution in [0.3, 0.4) is 0 Å². The van der Waals surface area contributed by atoms with Crippen molar-refractivity contribution in [3.8, 4) is 0 Å². The Morgan fingerprint density at radius 1 is 1.04 bits per heavy atom. The smallest absolute Gasteiger partial charge is 0.127 e. The summed E-state index contributed by atoms with van der Waals surface area (Å²) >= 11 is 3.31. The number of benzene rings is 2. The van der Waals surface area contributed by atoms with Gasteiger partial charge in [0.25, 0.3) is 0 Å². The highest BCUT2D eigenvalue weighted by Gasteiger charge is 2.19. The molecule has 0 bridgehead atoms. The van der Waals surface area contributed by atoms with Gasteiger partial charge in [-0.25, -0.2) is 4.39 Å². The molecule has 140 valence electrons. The maximum Gasteiger partial charge on any atom is 0.127 e. The van der Waals surface area contributed by atoms with E-state index in [1.165, 1.54) is 11.1 Å². The number of anilines is 1.